The summed E-state index contributed by atoms with van der Waals surface area (Å²) in [4.78, 5) is 18.4. The second-order valence-corrected chi connectivity index (χ2v) is 16.6. The van der Waals surface area contributed by atoms with Crippen LogP contribution in [0.5, 0.6) is 11.5 Å². The summed E-state index contributed by atoms with van der Waals surface area (Å²) in [7, 11) is 0. The molecule has 2 aliphatic rings. The summed E-state index contributed by atoms with van der Waals surface area (Å²) in [5.74, 6) is 1.62. The Morgan fingerprint density at radius 1 is 0.529 bits per heavy atom. The van der Waals surface area contributed by atoms with E-state index >= 15 is 0 Å². The first kappa shape index (κ1) is 35.5. The second-order valence-electron chi connectivity index (χ2n) is 12.0. The number of benzene rings is 5. The van der Waals surface area contributed by atoms with Crippen LogP contribution < -0.4 is 14.8 Å². The van der Waals surface area contributed by atoms with E-state index in [0.717, 1.165) is 72.3 Å². The molecule has 0 aromatic heterocycles. The number of unbranched alkanes of at least 4 members (excludes halogenated alkanes) is 2. The van der Waals surface area contributed by atoms with Gasteiger partial charge in [-0.3, -0.25) is 4.79 Å². The van der Waals surface area contributed by atoms with Gasteiger partial charge >= 0.3 is 0 Å². The fraction of sp³-hybridized carbons (Fsp3) is 0.186. The number of anilines is 1. The van der Waals surface area contributed by atoms with Crippen molar-refractivity contribution in [1.29, 1.82) is 0 Å². The van der Waals surface area contributed by atoms with Crippen LogP contribution in [-0.4, -0.2) is 19.1 Å². The Labute approximate surface area is 317 Å². The number of ether oxygens (including phenoxy) is 2. The quantitative estimate of drug-likeness (QED) is 0.0951. The maximum atomic E-state index is 14.2. The summed E-state index contributed by atoms with van der Waals surface area (Å²) in [6, 6.07) is 40.9. The van der Waals surface area contributed by atoms with Crippen molar-refractivity contribution in [3.63, 3.8) is 0 Å². The zero-order valence-electron chi connectivity index (χ0n) is 28.6. The van der Waals surface area contributed by atoms with Gasteiger partial charge < -0.3 is 14.8 Å². The summed E-state index contributed by atoms with van der Waals surface area (Å²) in [5, 5.41) is 3.15. The summed E-state index contributed by atoms with van der Waals surface area (Å²) >= 11 is 6.79. The normalized spacial score (nSPS) is 13.1. The number of para-hydroxylation sites is 1. The molecule has 0 saturated heterocycles. The number of nitrogens with one attached hydrogen (secondary N) is 1. The Hall–Kier alpha value is -3.95. The van der Waals surface area contributed by atoms with E-state index in [1.807, 2.05) is 60.7 Å². The SMILES string of the molecule is CCCCOc1c2c(c(OCCCC)c3c1SC(=C(c1ccccc1)c1ccccc1)S3)SC(=C(C(=O)Nc1ccccc1)c1ccccc1)S2. The van der Waals surface area contributed by atoms with Crippen LogP contribution in [-0.2, 0) is 4.79 Å². The van der Waals surface area contributed by atoms with E-state index < -0.39 is 0 Å². The molecule has 258 valence electrons. The summed E-state index contributed by atoms with van der Waals surface area (Å²) in [6.45, 7) is 5.60. The van der Waals surface area contributed by atoms with E-state index in [0.29, 0.717) is 18.8 Å². The molecule has 0 saturated carbocycles. The monoisotopic (exact) mass is 745 g/mol. The second kappa shape index (κ2) is 17.0. The van der Waals surface area contributed by atoms with Gasteiger partial charge in [0.2, 0.25) is 0 Å². The van der Waals surface area contributed by atoms with E-state index in [1.165, 1.54) is 20.9 Å². The highest BCUT2D eigenvalue weighted by Gasteiger charge is 2.39. The van der Waals surface area contributed by atoms with Gasteiger partial charge in [-0.1, -0.05) is 183 Å². The number of rotatable bonds is 13. The summed E-state index contributed by atoms with van der Waals surface area (Å²) in [6.07, 6.45) is 3.97. The number of thioether (sulfide) groups is 4. The van der Waals surface area contributed by atoms with Crippen LogP contribution >= 0.6 is 47.0 Å². The number of carbonyl (C=O) groups excluding carboxylic acids is 1. The van der Waals surface area contributed by atoms with Crippen LogP contribution in [0.4, 0.5) is 5.69 Å². The molecule has 5 aromatic rings. The van der Waals surface area contributed by atoms with E-state index in [-0.39, 0.29) is 5.91 Å². The molecular formula is C43H39NO3S4. The molecule has 8 heteroatoms. The summed E-state index contributed by atoms with van der Waals surface area (Å²) < 4.78 is 15.7. The molecule has 7 rings (SSSR count). The largest absolute Gasteiger partial charge is 0.491 e. The van der Waals surface area contributed by atoms with Crippen molar-refractivity contribution in [2.45, 2.75) is 59.1 Å². The zero-order valence-corrected chi connectivity index (χ0v) is 31.9. The van der Waals surface area contributed by atoms with Crippen LogP contribution in [0.3, 0.4) is 0 Å². The maximum Gasteiger partial charge on any atom is 0.257 e. The third-order valence-electron chi connectivity index (χ3n) is 8.36. The van der Waals surface area contributed by atoms with Gasteiger partial charge in [-0.25, -0.2) is 0 Å². The molecule has 2 aliphatic heterocycles. The fourth-order valence-corrected chi connectivity index (χ4v) is 11.5. The zero-order chi connectivity index (χ0) is 35.0. The Bertz CT molecular complexity index is 1960. The summed E-state index contributed by atoms with van der Waals surface area (Å²) in [5.41, 5.74) is 5.81. The number of carbonyl (C=O) groups is 1. The third-order valence-corrected chi connectivity index (χ3v) is 13.6. The number of fused-ring (bicyclic) bond motifs is 2. The van der Waals surface area contributed by atoms with E-state index in [9.17, 15) is 4.79 Å². The molecule has 51 heavy (non-hydrogen) atoms. The minimum atomic E-state index is -0.144. The first-order valence-corrected chi connectivity index (χ1v) is 20.6. The van der Waals surface area contributed by atoms with Gasteiger partial charge in [0.15, 0.2) is 0 Å². The van der Waals surface area contributed by atoms with Gasteiger partial charge in [-0.15, -0.1) is 0 Å². The van der Waals surface area contributed by atoms with Crippen LogP contribution in [0.25, 0.3) is 11.1 Å². The highest BCUT2D eigenvalue weighted by Crippen LogP contribution is 2.69. The third kappa shape index (κ3) is 7.95. The van der Waals surface area contributed by atoms with Crippen molar-refractivity contribution in [3.8, 4) is 11.5 Å². The van der Waals surface area contributed by atoms with Crippen LogP contribution in [0.1, 0.15) is 56.2 Å². The predicted molar refractivity (Wildman–Crippen MR) is 218 cm³/mol. The standard InChI is InChI=1S/C43H39NO3S4/c1-3-5-27-46-35-37-38(49-42(48-37)33(29-19-11-7-12-20-29)30-21-13-8-14-22-30)36(47-28-6-4-2)40-39(35)50-43(51-40)34(31-23-15-9-16-24-31)41(45)44-32-25-17-10-18-26-32/h7-26H,3-6,27-28H2,1-2H3,(H,44,45). The molecule has 1 N–H and O–H groups in total. The number of hydrogen-bond donors (Lipinski definition) is 1. The molecule has 0 aliphatic carbocycles. The van der Waals surface area contributed by atoms with Gasteiger partial charge in [0.1, 0.15) is 11.5 Å². The molecule has 2 heterocycles. The molecule has 0 spiro atoms. The molecule has 0 unspecified atom stereocenters. The predicted octanol–water partition coefficient (Wildman–Crippen LogP) is 12.9. The molecule has 4 nitrogen and oxygen atoms in total. The first-order valence-electron chi connectivity index (χ1n) is 17.4. The molecule has 5 aromatic carbocycles. The Kier molecular flexibility index (Phi) is 11.8. The van der Waals surface area contributed by atoms with Crippen molar-refractivity contribution in [1.82, 2.24) is 0 Å². The van der Waals surface area contributed by atoms with Crippen LogP contribution in [0.2, 0.25) is 0 Å². The van der Waals surface area contributed by atoms with Gasteiger partial charge in [0.25, 0.3) is 5.91 Å². The van der Waals surface area contributed by atoms with Crippen molar-refractivity contribution >= 4 is 69.8 Å². The van der Waals surface area contributed by atoms with Crippen molar-refractivity contribution in [2.75, 3.05) is 18.5 Å². The van der Waals surface area contributed by atoms with Crippen molar-refractivity contribution < 1.29 is 14.3 Å². The van der Waals surface area contributed by atoms with Gasteiger partial charge in [-0.05, 0) is 41.7 Å². The molecule has 0 atom stereocenters. The van der Waals surface area contributed by atoms with Gasteiger partial charge in [0.05, 0.1) is 46.8 Å². The number of hydrogen-bond acceptors (Lipinski definition) is 7. The fourth-order valence-electron chi connectivity index (χ4n) is 5.78. The molecule has 0 bridgehead atoms. The minimum absolute atomic E-state index is 0.144. The Balaban J connectivity index is 1.39. The van der Waals surface area contributed by atoms with E-state index in [4.69, 9.17) is 9.47 Å². The molecular weight excluding hydrogens is 707 g/mol. The topological polar surface area (TPSA) is 47.6 Å². The van der Waals surface area contributed by atoms with Crippen LogP contribution in [0.15, 0.2) is 149 Å². The number of amides is 1. The first-order chi connectivity index (χ1) is 25.2. The maximum absolute atomic E-state index is 14.2. The van der Waals surface area contributed by atoms with E-state index in [1.54, 1.807) is 47.0 Å². The highest BCUT2D eigenvalue weighted by atomic mass is 32.2. The smallest absolute Gasteiger partial charge is 0.257 e. The highest BCUT2D eigenvalue weighted by molar-refractivity contribution is 8.26. The lowest BCUT2D eigenvalue weighted by Crippen LogP contribution is -2.14. The van der Waals surface area contributed by atoms with Crippen LogP contribution in [0, 0.1) is 0 Å². The Morgan fingerprint density at radius 3 is 1.35 bits per heavy atom. The van der Waals surface area contributed by atoms with Crippen molar-refractivity contribution in [3.05, 3.63) is 146 Å². The lowest BCUT2D eigenvalue weighted by atomic mass is 10.00. The lowest BCUT2D eigenvalue weighted by molar-refractivity contribution is -0.111. The lowest BCUT2D eigenvalue weighted by Gasteiger charge is -2.18. The molecule has 0 radical (unpaired) electrons. The average molecular weight is 746 g/mol. The molecule has 0 fully saturated rings. The van der Waals surface area contributed by atoms with Gasteiger partial charge in [-0.2, -0.15) is 0 Å². The van der Waals surface area contributed by atoms with Crippen molar-refractivity contribution in [2.24, 2.45) is 0 Å². The van der Waals surface area contributed by atoms with E-state index in [2.05, 4.69) is 79.8 Å². The Morgan fingerprint density at radius 2 is 0.922 bits per heavy atom. The van der Waals surface area contributed by atoms with Gasteiger partial charge in [0, 0.05) is 11.3 Å². The molecule has 1 amide bonds. The average Bonchev–Trinajstić information content (AvgIpc) is 3.80. The minimum Gasteiger partial charge on any atom is -0.491 e.